The summed E-state index contributed by atoms with van der Waals surface area (Å²) in [4.78, 5) is 11.9. The monoisotopic (exact) mass is 287 g/mol. The van der Waals surface area contributed by atoms with E-state index in [9.17, 15) is 4.79 Å². The zero-order valence-corrected chi connectivity index (χ0v) is 11.6. The predicted octanol–water partition coefficient (Wildman–Crippen LogP) is 2.86. The number of hydrogen-bond donors (Lipinski definition) is 1. The summed E-state index contributed by atoms with van der Waals surface area (Å²) in [5.41, 5.74) is 1.02. The lowest BCUT2D eigenvalue weighted by molar-refractivity contribution is -0.147. The van der Waals surface area contributed by atoms with Gasteiger partial charge in [0.2, 0.25) is 0 Å². The third-order valence-corrected chi connectivity index (χ3v) is 3.91. The molecule has 18 heavy (non-hydrogen) atoms. The van der Waals surface area contributed by atoms with Gasteiger partial charge in [0.1, 0.15) is 0 Å². The van der Waals surface area contributed by atoms with Crippen molar-refractivity contribution in [3.8, 4) is 0 Å². The van der Waals surface area contributed by atoms with E-state index in [0.29, 0.717) is 23.2 Å². The molecule has 0 aromatic heterocycles. The van der Waals surface area contributed by atoms with Gasteiger partial charge in [0, 0.05) is 19.0 Å². The van der Waals surface area contributed by atoms with Crippen LogP contribution in [-0.4, -0.2) is 25.7 Å². The highest BCUT2D eigenvalue weighted by molar-refractivity contribution is 6.42. The average molecular weight is 288 g/mol. The summed E-state index contributed by atoms with van der Waals surface area (Å²) in [7, 11) is 0. The lowest BCUT2D eigenvalue weighted by atomic mass is 9.89. The Bertz CT molecular complexity index is 451. The molecule has 0 spiro atoms. The molecule has 1 aromatic carbocycles. The summed E-state index contributed by atoms with van der Waals surface area (Å²) in [6.45, 7) is 3.61. The Morgan fingerprint density at radius 1 is 1.39 bits per heavy atom. The Morgan fingerprint density at radius 2 is 2.17 bits per heavy atom. The average Bonchev–Trinajstić information content (AvgIpc) is 2.82. The van der Waals surface area contributed by atoms with E-state index < -0.39 is 0 Å². The molecule has 98 valence electrons. The largest absolute Gasteiger partial charge is 0.466 e. The molecule has 0 bridgehead atoms. The van der Waals surface area contributed by atoms with Gasteiger partial charge in [-0.1, -0.05) is 29.3 Å². The topological polar surface area (TPSA) is 38.3 Å². The molecule has 0 unspecified atom stereocenters. The van der Waals surface area contributed by atoms with Crippen LogP contribution in [0.15, 0.2) is 18.2 Å². The molecule has 0 saturated carbocycles. The number of nitrogens with one attached hydrogen (secondary N) is 1. The van der Waals surface area contributed by atoms with Crippen molar-refractivity contribution in [2.24, 2.45) is 5.92 Å². The van der Waals surface area contributed by atoms with Crippen molar-refractivity contribution in [2.45, 2.75) is 12.8 Å². The van der Waals surface area contributed by atoms with Crippen LogP contribution in [-0.2, 0) is 9.53 Å². The first kappa shape index (κ1) is 13.7. The second-order valence-corrected chi connectivity index (χ2v) is 5.11. The fourth-order valence-corrected chi connectivity index (χ4v) is 2.58. The summed E-state index contributed by atoms with van der Waals surface area (Å²) < 4.78 is 5.09. The Balaban J connectivity index is 2.20. The molecule has 1 heterocycles. The molecule has 5 heteroatoms. The summed E-state index contributed by atoms with van der Waals surface area (Å²) in [6, 6.07) is 5.51. The Morgan fingerprint density at radius 3 is 2.83 bits per heavy atom. The van der Waals surface area contributed by atoms with Crippen LogP contribution < -0.4 is 5.32 Å². The van der Waals surface area contributed by atoms with Crippen LogP contribution in [0.4, 0.5) is 0 Å². The SMILES string of the molecule is CCOC(=O)[C@@H]1CNC[C@@H]1c1ccc(Cl)c(Cl)c1. The van der Waals surface area contributed by atoms with Gasteiger partial charge < -0.3 is 10.1 Å². The maximum Gasteiger partial charge on any atom is 0.310 e. The van der Waals surface area contributed by atoms with Gasteiger partial charge in [-0.2, -0.15) is 0 Å². The third kappa shape index (κ3) is 2.79. The molecular formula is C13H15Cl2NO2. The van der Waals surface area contributed by atoms with Crippen molar-refractivity contribution in [3.63, 3.8) is 0 Å². The number of carbonyl (C=O) groups is 1. The number of rotatable bonds is 3. The summed E-state index contributed by atoms with van der Waals surface area (Å²) in [5, 5.41) is 4.26. The number of esters is 1. The zero-order valence-electron chi connectivity index (χ0n) is 10.1. The third-order valence-electron chi connectivity index (χ3n) is 3.18. The van der Waals surface area contributed by atoms with E-state index >= 15 is 0 Å². The molecule has 1 aliphatic heterocycles. The normalized spacial score (nSPS) is 23.1. The molecule has 2 atom stereocenters. The quantitative estimate of drug-likeness (QED) is 0.869. The maximum atomic E-state index is 11.9. The first-order chi connectivity index (χ1) is 8.63. The molecular weight excluding hydrogens is 273 g/mol. The number of hydrogen-bond acceptors (Lipinski definition) is 3. The first-order valence-electron chi connectivity index (χ1n) is 5.95. The van der Waals surface area contributed by atoms with Gasteiger partial charge in [-0.15, -0.1) is 0 Å². The second-order valence-electron chi connectivity index (χ2n) is 4.30. The lowest BCUT2D eigenvalue weighted by Crippen LogP contribution is -2.24. The fourth-order valence-electron chi connectivity index (χ4n) is 2.27. The van der Waals surface area contributed by atoms with Crippen LogP contribution >= 0.6 is 23.2 Å². The molecule has 1 saturated heterocycles. The number of ether oxygens (including phenoxy) is 1. The van der Waals surface area contributed by atoms with E-state index in [0.717, 1.165) is 12.1 Å². The first-order valence-corrected chi connectivity index (χ1v) is 6.71. The summed E-state index contributed by atoms with van der Waals surface area (Å²) in [6.07, 6.45) is 0. The van der Waals surface area contributed by atoms with Gasteiger partial charge in [-0.25, -0.2) is 0 Å². The molecule has 1 aliphatic rings. The van der Waals surface area contributed by atoms with Crippen molar-refractivity contribution in [1.82, 2.24) is 5.32 Å². The summed E-state index contributed by atoms with van der Waals surface area (Å²) >= 11 is 11.9. The van der Waals surface area contributed by atoms with Crippen LogP contribution in [0.3, 0.4) is 0 Å². The van der Waals surface area contributed by atoms with E-state index in [4.69, 9.17) is 27.9 Å². The highest BCUT2D eigenvalue weighted by atomic mass is 35.5. The van der Waals surface area contributed by atoms with Gasteiger partial charge in [0.25, 0.3) is 0 Å². The van der Waals surface area contributed by atoms with Gasteiger partial charge in [-0.05, 0) is 24.6 Å². The van der Waals surface area contributed by atoms with Crippen LogP contribution in [0.1, 0.15) is 18.4 Å². The van der Waals surface area contributed by atoms with Gasteiger partial charge >= 0.3 is 5.97 Å². The highest BCUT2D eigenvalue weighted by Gasteiger charge is 2.35. The van der Waals surface area contributed by atoms with E-state index in [1.807, 2.05) is 19.1 Å². The second kappa shape index (κ2) is 5.91. The Labute approximate surface area is 116 Å². The van der Waals surface area contributed by atoms with Crippen molar-refractivity contribution in [2.75, 3.05) is 19.7 Å². The van der Waals surface area contributed by atoms with Gasteiger partial charge in [-0.3, -0.25) is 4.79 Å². The maximum absolute atomic E-state index is 11.9. The minimum Gasteiger partial charge on any atom is -0.466 e. The fraction of sp³-hybridized carbons (Fsp3) is 0.462. The smallest absolute Gasteiger partial charge is 0.310 e. The number of halogens is 2. The van der Waals surface area contributed by atoms with E-state index in [1.54, 1.807) is 6.07 Å². The van der Waals surface area contributed by atoms with Gasteiger partial charge in [0.05, 0.1) is 22.6 Å². The number of carbonyl (C=O) groups excluding carboxylic acids is 1. The zero-order chi connectivity index (χ0) is 13.1. The molecule has 1 N–H and O–H groups in total. The van der Waals surface area contributed by atoms with Crippen molar-refractivity contribution in [1.29, 1.82) is 0 Å². The molecule has 1 fully saturated rings. The van der Waals surface area contributed by atoms with Crippen molar-refractivity contribution >= 4 is 29.2 Å². The van der Waals surface area contributed by atoms with Gasteiger partial charge in [0.15, 0.2) is 0 Å². The van der Waals surface area contributed by atoms with E-state index in [2.05, 4.69) is 5.32 Å². The molecule has 0 radical (unpaired) electrons. The lowest BCUT2D eigenvalue weighted by Gasteiger charge is -2.17. The minimum atomic E-state index is -0.154. The minimum absolute atomic E-state index is 0.0961. The Kier molecular flexibility index (Phi) is 4.49. The van der Waals surface area contributed by atoms with Crippen LogP contribution in [0.25, 0.3) is 0 Å². The Hall–Kier alpha value is -0.770. The predicted molar refractivity (Wildman–Crippen MR) is 72.2 cm³/mol. The van der Waals surface area contributed by atoms with Crippen molar-refractivity contribution < 1.29 is 9.53 Å². The standard InChI is InChI=1S/C13H15Cl2NO2/c1-2-18-13(17)10-7-16-6-9(10)8-3-4-11(14)12(15)5-8/h3-5,9-10,16H,2,6-7H2,1H3/t9-,10-/m1/s1. The van der Waals surface area contributed by atoms with E-state index in [-0.39, 0.29) is 17.8 Å². The molecule has 0 amide bonds. The van der Waals surface area contributed by atoms with Crippen molar-refractivity contribution in [3.05, 3.63) is 33.8 Å². The summed E-state index contributed by atoms with van der Waals surface area (Å²) in [5.74, 6) is -0.209. The van der Waals surface area contributed by atoms with Crippen LogP contribution in [0.5, 0.6) is 0 Å². The van der Waals surface area contributed by atoms with Crippen LogP contribution in [0, 0.1) is 5.92 Å². The molecule has 2 rings (SSSR count). The molecule has 0 aliphatic carbocycles. The van der Waals surface area contributed by atoms with E-state index in [1.165, 1.54) is 0 Å². The molecule has 1 aromatic rings. The molecule has 3 nitrogen and oxygen atoms in total. The van der Waals surface area contributed by atoms with Crippen LogP contribution in [0.2, 0.25) is 10.0 Å². The highest BCUT2D eigenvalue weighted by Crippen LogP contribution is 2.32. The number of benzene rings is 1.